The van der Waals surface area contributed by atoms with Gasteiger partial charge in [-0.05, 0) is 48.6 Å². The van der Waals surface area contributed by atoms with Crippen LogP contribution in [-0.2, 0) is 5.41 Å². The van der Waals surface area contributed by atoms with Crippen molar-refractivity contribution < 1.29 is 5.11 Å². The van der Waals surface area contributed by atoms with Crippen molar-refractivity contribution in [2.75, 3.05) is 0 Å². The van der Waals surface area contributed by atoms with Gasteiger partial charge in [0.1, 0.15) is 0 Å². The van der Waals surface area contributed by atoms with Crippen LogP contribution < -0.4 is 0 Å². The minimum Gasteiger partial charge on any atom is -0.387 e. The minimum absolute atomic E-state index is 0.190. The zero-order chi connectivity index (χ0) is 14.0. The van der Waals surface area contributed by atoms with E-state index in [4.69, 9.17) is 0 Å². The van der Waals surface area contributed by atoms with E-state index in [-0.39, 0.29) is 5.41 Å². The monoisotopic (exact) mass is 280 g/mol. The van der Waals surface area contributed by atoms with Crippen LogP contribution in [0, 0.1) is 11.8 Å². The van der Waals surface area contributed by atoms with Gasteiger partial charge >= 0.3 is 0 Å². The fourth-order valence-electron chi connectivity index (χ4n) is 5.78. The van der Waals surface area contributed by atoms with Gasteiger partial charge in [-0.2, -0.15) is 0 Å². The number of aliphatic hydroxyl groups is 1. The highest BCUT2D eigenvalue weighted by Crippen LogP contribution is 2.69. The van der Waals surface area contributed by atoms with Gasteiger partial charge in [-0.1, -0.05) is 24.3 Å². The summed E-state index contributed by atoms with van der Waals surface area (Å²) in [5.74, 6) is 1.70. The number of fused-ring (bicyclic) bond motifs is 3. The first-order valence-corrected chi connectivity index (χ1v) is 8.09. The lowest BCUT2D eigenvalue weighted by molar-refractivity contribution is -0.0423. The Morgan fingerprint density at radius 2 is 1.86 bits per heavy atom. The number of hydrogen-bond donors (Lipinski definition) is 2. The van der Waals surface area contributed by atoms with Crippen molar-refractivity contribution in [1.82, 2.24) is 9.97 Å². The SMILES string of the molecule is OC1c2ccccc2C2C3CCC(CC3)C12c1c[nH]cn1. The number of aromatic amines is 1. The van der Waals surface area contributed by atoms with Crippen LogP contribution in [0.4, 0.5) is 0 Å². The zero-order valence-electron chi connectivity index (χ0n) is 12.0. The van der Waals surface area contributed by atoms with Crippen LogP contribution in [0.1, 0.15) is 54.5 Å². The maximum Gasteiger partial charge on any atom is 0.0923 e. The van der Waals surface area contributed by atoms with Gasteiger partial charge in [0.2, 0.25) is 0 Å². The summed E-state index contributed by atoms with van der Waals surface area (Å²) in [5.41, 5.74) is 3.41. The summed E-state index contributed by atoms with van der Waals surface area (Å²) in [7, 11) is 0. The molecule has 0 spiro atoms. The van der Waals surface area contributed by atoms with Gasteiger partial charge in [0.05, 0.1) is 23.5 Å². The fourth-order valence-corrected chi connectivity index (χ4v) is 5.78. The number of nitrogens with one attached hydrogen (secondary N) is 1. The third-order valence-electron chi connectivity index (χ3n) is 6.45. The lowest BCUT2D eigenvalue weighted by atomic mass is 9.49. The smallest absolute Gasteiger partial charge is 0.0923 e. The van der Waals surface area contributed by atoms with Crippen molar-refractivity contribution in [3.05, 3.63) is 53.6 Å². The van der Waals surface area contributed by atoms with E-state index in [1.807, 2.05) is 6.20 Å². The number of nitrogens with zero attached hydrogens (tertiary/aromatic N) is 1. The van der Waals surface area contributed by atoms with Crippen LogP contribution in [0.5, 0.6) is 0 Å². The van der Waals surface area contributed by atoms with Crippen molar-refractivity contribution in [2.45, 2.75) is 43.1 Å². The molecule has 0 amide bonds. The Labute approximate surface area is 124 Å². The van der Waals surface area contributed by atoms with E-state index < -0.39 is 6.10 Å². The van der Waals surface area contributed by atoms with Crippen molar-refractivity contribution in [3.63, 3.8) is 0 Å². The summed E-state index contributed by atoms with van der Waals surface area (Å²) in [6.45, 7) is 0. The molecule has 3 atom stereocenters. The number of aromatic nitrogens is 2. The molecule has 4 aliphatic carbocycles. The number of imidazole rings is 1. The highest BCUT2D eigenvalue weighted by atomic mass is 16.3. The fraction of sp³-hybridized carbons (Fsp3) is 0.500. The van der Waals surface area contributed by atoms with Gasteiger partial charge in [0, 0.05) is 12.1 Å². The van der Waals surface area contributed by atoms with Crippen LogP contribution in [0.15, 0.2) is 36.8 Å². The van der Waals surface area contributed by atoms with Gasteiger partial charge < -0.3 is 10.1 Å². The molecule has 3 nitrogen and oxygen atoms in total. The molecule has 2 N–H and O–H groups in total. The Morgan fingerprint density at radius 3 is 2.57 bits per heavy atom. The first-order valence-electron chi connectivity index (χ1n) is 8.09. The molecule has 6 rings (SSSR count). The quantitative estimate of drug-likeness (QED) is 0.842. The number of rotatable bonds is 1. The van der Waals surface area contributed by atoms with E-state index in [1.54, 1.807) is 6.33 Å². The summed E-state index contributed by atoms with van der Waals surface area (Å²) < 4.78 is 0. The average molecular weight is 280 g/mol. The van der Waals surface area contributed by atoms with Crippen molar-refractivity contribution in [1.29, 1.82) is 0 Å². The number of aliphatic hydroxyl groups excluding tert-OH is 1. The summed E-state index contributed by atoms with van der Waals surface area (Å²) in [6.07, 6.45) is 8.46. The van der Waals surface area contributed by atoms with E-state index in [0.717, 1.165) is 11.3 Å². The van der Waals surface area contributed by atoms with Crippen LogP contribution in [-0.4, -0.2) is 15.1 Å². The summed E-state index contributed by atoms with van der Waals surface area (Å²) in [6, 6.07) is 8.53. The topological polar surface area (TPSA) is 48.9 Å². The number of benzene rings is 1. The Kier molecular flexibility index (Phi) is 2.27. The maximum absolute atomic E-state index is 11.3. The molecule has 3 heteroatoms. The lowest BCUT2D eigenvalue weighted by Crippen LogP contribution is -2.51. The zero-order valence-corrected chi connectivity index (χ0v) is 12.0. The Morgan fingerprint density at radius 1 is 1.10 bits per heavy atom. The standard InChI is InChI=1S/C18H20N2O/c21-17-14-4-2-1-3-13(14)16-11-5-7-12(8-6-11)18(16,17)15-9-19-10-20-15/h1-4,9-12,16-17,21H,5-8H2,(H,19,20). The molecule has 1 aromatic carbocycles. The van der Waals surface area contributed by atoms with Crippen LogP contribution in [0.25, 0.3) is 0 Å². The highest BCUT2D eigenvalue weighted by molar-refractivity contribution is 5.49. The average Bonchev–Trinajstić information content (AvgIpc) is 3.16. The molecule has 3 fully saturated rings. The summed E-state index contributed by atoms with van der Waals surface area (Å²) in [4.78, 5) is 7.73. The Bertz CT molecular complexity index is 672. The van der Waals surface area contributed by atoms with Crippen molar-refractivity contribution >= 4 is 0 Å². The van der Waals surface area contributed by atoms with E-state index in [9.17, 15) is 5.11 Å². The van der Waals surface area contributed by atoms with Crippen molar-refractivity contribution in [3.8, 4) is 0 Å². The molecule has 4 aliphatic rings. The van der Waals surface area contributed by atoms with Gasteiger partial charge in [0.25, 0.3) is 0 Å². The molecule has 0 radical (unpaired) electrons. The van der Waals surface area contributed by atoms with Crippen molar-refractivity contribution in [2.24, 2.45) is 11.8 Å². The molecule has 108 valence electrons. The molecule has 1 aromatic heterocycles. The second-order valence-electron chi connectivity index (χ2n) is 7.01. The first kappa shape index (κ1) is 12.0. The first-order chi connectivity index (χ1) is 10.3. The molecule has 1 heterocycles. The normalized spacial score (nSPS) is 40.0. The third-order valence-corrected chi connectivity index (χ3v) is 6.45. The van der Waals surface area contributed by atoms with E-state index in [2.05, 4.69) is 34.2 Å². The van der Waals surface area contributed by atoms with Crippen LogP contribution >= 0.6 is 0 Å². The van der Waals surface area contributed by atoms with E-state index >= 15 is 0 Å². The van der Waals surface area contributed by atoms with E-state index in [0.29, 0.717) is 17.8 Å². The van der Waals surface area contributed by atoms with Gasteiger partial charge in [-0.15, -0.1) is 0 Å². The van der Waals surface area contributed by atoms with Gasteiger partial charge in [-0.25, -0.2) is 4.98 Å². The van der Waals surface area contributed by atoms with Gasteiger partial charge in [-0.3, -0.25) is 0 Å². The maximum atomic E-state index is 11.3. The summed E-state index contributed by atoms with van der Waals surface area (Å²) >= 11 is 0. The van der Waals surface area contributed by atoms with E-state index in [1.165, 1.54) is 31.2 Å². The lowest BCUT2D eigenvalue weighted by Gasteiger charge is -2.55. The second kappa shape index (κ2) is 3.98. The largest absolute Gasteiger partial charge is 0.387 e. The Balaban J connectivity index is 1.81. The molecular formula is C18H20N2O. The molecule has 2 bridgehead atoms. The highest BCUT2D eigenvalue weighted by Gasteiger charge is 2.64. The van der Waals surface area contributed by atoms with Crippen LogP contribution in [0.3, 0.4) is 0 Å². The number of H-pyrrole nitrogens is 1. The molecule has 0 saturated heterocycles. The molecule has 3 saturated carbocycles. The Hall–Kier alpha value is -1.61. The third kappa shape index (κ3) is 1.27. The minimum atomic E-state index is -0.407. The molecule has 0 aliphatic heterocycles. The van der Waals surface area contributed by atoms with Gasteiger partial charge in [0.15, 0.2) is 0 Å². The molecular weight excluding hydrogens is 260 g/mol. The van der Waals surface area contributed by atoms with Crippen LogP contribution in [0.2, 0.25) is 0 Å². The second-order valence-corrected chi connectivity index (χ2v) is 7.01. The molecule has 3 unspecified atom stereocenters. The summed E-state index contributed by atoms with van der Waals surface area (Å²) in [5, 5.41) is 11.3. The molecule has 2 aromatic rings. The predicted molar refractivity (Wildman–Crippen MR) is 79.9 cm³/mol. The predicted octanol–water partition coefficient (Wildman–Crippen LogP) is 3.30. The molecule has 21 heavy (non-hydrogen) atoms. The number of hydrogen-bond acceptors (Lipinski definition) is 2.